The molecule has 0 unspecified atom stereocenters. The second kappa shape index (κ2) is 5.15. The number of carbonyl (C=O) groups is 1. The molecule has 92 valence electrons. The lowest BCUT2D eigenvalue weighted by Gasteiger charge is -2.21. The Morgan fingerprint density at radius 1 is 1.38 bits per heavy atom. The van der Waals surface area contributed by atoms with E-state index in [0.29, 0.717) is 5.91 Å². The lowest BCUT2D eigenvalue weighted by Crippen LogP contribution is -2.43. The van der Waals surface area contributed by atoms with Gasteiger partial charge in [0, 0.05) is 20.3 Å². The largest absolute Gasteiger partial charge is 0.385 e. The Hall–Kier alpha value is -0.610. The van der Waals surface area contributed by atoms with E-state index in [4.69, 9.17) is 4.74 Å². The fourth-order valence-electron chi connectivity index (χ4n) is 2.80. The highest BCUT2D eigenvalue weighted by Crippen LogP contribution is 2.34. The Kier molecular flexibility index (Phi) is 3.82. The first-order valence-corrected chi connectivity index (χ1v) is 6.32. The number of amides is 1. The summed E-state index contributed by atoms with van der Waals surface area (Å²) in [6.45, 7) is 2.41. The molecule has 1 amide bonds. The molecule has 2 aliphatic rings. The maximum Gasteiger partial charge on any atom is 0.243 e. The molecule has 1 saturated heterocycles. The predicted molar refractivity (Wildman–Crippen MR) is 62.0 cm³/mol. The molecule has 2 rings (SSSR count). The normalized spacial score (nSPS) is 23.6. The number of rotatable bonds is 5. The Morgan fingerprint density at radius 3 is 2.81 bits per heavy atom. The van der Waals surface area contributed by atoms with Crippen LogP contribution in [-0.4, -0.2) is 43.3 Å². The van der Waals surface area contributed by atoms with Gasteiger partial charge in [0.15, 0.2) is 0 Å². The van der Waals surface area contributed by atoms with Gasteiger partial charge in [-0.05, 0) is 25.7 Å². The third kappa shape index (κ3) is 2.23. The van der Waals surface area contributed by atoms with Crippen molar-refractivity contribution < 1.29 is 9.53 Å². The maximum atomic E-state index is 12.2. The van der Waals surface area contributed by atoms with Gasteiger partial charge in [-0.1, -0.05) is 12.8 Å². The molecule has 1 N–H and O–H groups in total. The van der Waals surface area contributed by atoms with E-state index in [0.717, 1.165) is 45.5 Å². The Bertz CT molecular complexity index is 249. The van der Waals surface area contributed by atoms with Crippen molar-refractivity contribution in [2.45, 2.75) is 44.1 Å². The first-order chi connectivity index (χ1) is 7.78. The van der Waals surface area contributed by atoms with Crippen LogP contribution in [0.3, 0.4) is 0 Å². The molecule has 1 spiro atoms. The van der Waals surface area contributed by atoms with Crippen LogP contribution in [0.25, 0.3) is 0 Å². The van der Waals surface area contributed by atoms with Gasteiger partial charge in [-0.25, -0.2) is 0 Å². The smallest absolute Gasteiger partial charge is 0.243 e. The summed E-state index contributed by atoms with van der Waals surface area (Å²) >= 11 is 0. The Morgan fingerprint density at radius 2 is 2.12 bits per heavy atom. The fraction of sp³-hybridized carbons (Fsp3) is 0.917. The summed E-state index contributed by atoms with van der Waals surface area (Å²) in [5.41, 5.74) is -0.179. The second-order valence-electron chi connectivity index (χ2n) is 4.89. The predicted octanol–water partition coefficient (Wildman–Crippen LogP) is 1.12. The van der Waals surface area contributed by atoms with E-state index < -0.39 is 0 Å². The highest BCUT2D eigenvalue weighted by Gasteiger charge is 2.47. The number of carbonyl (C=O) groups excluding carboxylic acids is 1. The number of hydrogen-bond acceptors (Lipinski definition) is 3. The standard InChI is InChI=1S/C12H22N2O2/c1-16-9-5-4-8-14-10-13-12(11(14)15)6-2-3-7-12/h13H,2-10H2,1H3. The zero-order chi connectivity index (χ0) is 11.4. The van der Waals surface area contributed by atoms with Gasteiger partial charge < -0.3 is 9.64 Å². The first-order valence-electron chi connectivity index (χ1n) is 6.32. The molecule has 16 heavy (non-hydrogen) atoms. The highest BCUT2D eigenvalue weighted by atomic mass is 16.5. The van der Waals surface area contributed by atoms with Gasteiger partial charge in [-0.15, -0.1) is 0 Å². The van der Waals surface area contributed by atoms with E-state index in [1.54, 1.807) is 7.11 Å². The summed E-state index contributed by atoms with van der Waals surface area (Å²) in [6, 6.07) is 0. The molecule has 1 aliphatic heterocycles. The third-order valence-corrected chi connectivity index (χ3v) is 3.79. The van der Waals surface area contributed by atoms with Gasteiger partial charge in [0.05, 0.1) is 12.2 Å². The summed E-state index contributed by atoms with van der Waals surface area (Å²) in [4.78, 5) is 14.2. The van der Waals surface area contributed by atoms with Gasteiger partial charge in [0.2, 0.25) is 5.91 Å². The first kappa shape index (κ1) is 11.9. The molecule has 2 fully saturated rings. The maximum absolute atomic E-state index is 12.2. The lowest BCUT2D eigenvalue weighted by molar-refractivity contribution is -0.132. The molecular formula is C12H22N2O2. The zero-order valence-electron chi connectivity index (χ0n) is 10.1. The summed E-state index contributed by atoms with van der Waals surface area (Å²) < 4.78 is 5.01. The molecule has 0 bridgehead atoms. The quantitative estimate of drug-likeness (QED) is 0.714. The highest BCUT2D eigenvalue weighted by molar-refractivity contribution is 5.88. The van der Waals surface area contributed by atoms with Crippen LogP contribution in [0.5, 0.6) is 0 Å². The molecule has 0 aromatic heterocycles. The van der Waals surface area contributed by atoms with E-state index in [2.05, 4.69) is 5.32 Å². The van der Waals surface area contributed by atoms with Gasteiger partial charge in [0.1, 0.15) is 0 Å². The van der Waals surface area contributed by atoms with Crippen molar-refractivity contribution in [3.8, 4) is 0 Å². The van der Waals surface area contributed by atoms with Crippen molar-refractivity contribution in [3.05, 3.63) is 0 Å². The number of ether oxygens (including phenoxy) is 1. The van der Waals surface area contributed by atoms with Crippen molar-refractivity contribution in [3.63, 3.8) is 0 Å². The molecule has 0 aromatic rings. The van der Waals surface area contributed by atoms with Crippen molar-refractivity contribution in [2.75, 3.05) is 26.9 Å². The lowest BCUT2D eigenvalue weighted by atomic mass is 9.98. The van der Waals surface area contributed by atoms with Crippen LogP contribution < -0.4 is 5.32 Å². The molecule has 1 saturated carbocycles. The van der Waals surface area contributed by atoms with Crippen molar-refractivity contribution in [2.24, 2.45) is 0 Å². The van der Waals surface area contributed by atoms with E-state index >= 15 is 0 Å². The summed E-state index contributed by atoms with van der Waals surface area (Å²) in [5.74, 6) is 0.336. The molecule has 1 heterocycles. The summed E-state index contributed by atoms with van der Waals surface area (Å²) in [5, 5.41) is 3.42. The fourth-order valence-corrected chi connectivity index (χ4v) is 2.80. The average Bonchev–Trinajstić information content (AvgIpc) is 2.87. The van der Waals surface area contributed by atoms with Crippen molar-refractivity contribution >= 4 is 5.91 Å². The zero-order valence-corrected chi connectivity index (χ0v) is 10.1. The molecule has 4 heteroatoms. The molecule has 0 atom stereocenters. The van der Waals surface area contributed by atoms with Gasteiger partial charge in [0.25, 0.3) is 0 Å². The second-order valence-corrected chi connectivity index (χ2v) is 4.89. The molecule has 0 radical (unpaired) electrons. The van der Waals surface area contributed by atoms with Crippen LogP contribution in [0.1, 0.15) is 38.5 Å². The Balaban J connectivity index is 1.78. The van der Waals surface area contributed by atoms with Gasteiger partial charge >= 0.3 is 0 Å². The molecule has 4 nitrogen and oxygen atoms in total. The minimum absolute atomic E-state index is 0.179. The topological polar surface area (TPSA) is 41.6 Å². The van der Waals surface area contributed by atoms with Crippen LogP contribution in [0.4, 0.5) is 0 Å². The third-order valence-electron chi connectivity index (χ3n) is 3.79. The van der Waals surface area contributed by atoms with Crippen LogP contribution in [0.15, 0.2) is 0 Å². The molecule has 0 aromatic carbocycles. The van der Waals surface area contributed by atoms with E-state index in [1.165, 1.54) is 12.8 Å². The van der Waals surface area contributed by atoms with Gasteiger partial charge in [-0.3, -0.25) is 10.1 Å². The van der Waals surface area contributed by atoms with E-state index in [-0.39, 0.29) is 5.54 Å². The van der Waals surface area contributed by atoms with Gasteiger partial charge in [-0.2, -0.15) is 0 Å². The van der Waals surface area contributed by atoms with Crippen LogP contribution in [-0.2, 0) is 9.53 Å². The molecule has 1 aliphatic carbocycles. The van der Waals surface area contributed by atoms with E-state index in [9.17, 15) is 4.79 Å². The average molecular weight is 226 g/mol. The minimum Gasteiger partial charge on any atom is -0.385 e. The van der Waals surface area contributed by atoms with Crippen LogP contribution >= 0.6 is 0 Å². The van der Waals surface area contributed by atoms with Crippen LogP contribution in [0, 0.1) is 0 Å². The summed E-state index contributed by atoms with van der Waals surface area (Å²) in [6.07, 6.45) is 6.51. The molecular weight excluding hydrogens is 204 g/mol. The number of hydrogen-bond donors (Lipinski definition) is 1. The van der Waals surface area contributed by atoms with Crippen molar-refractivity contribution in [1.82, 2.24) is 10.2 Å². The monoisotopic (exact) mass is 226 g/mol. The van der Waals surface area contributed by atoms with Crippen LogP contribution in [0.2, 0.25) is 0 Å². The number of methoxy groups -OCH3 is 1. The van der Waals surface area contributed by atoms with E-state index in [1.807, 2.05) is 4.90 Å². The Labute approximate surface area is 97.3 Å². The number of unbranched alkanes of at least 4 members (excludes halogenated alkanes) is 1. The minimum atomic E-state index is -0.179. The summed E-state index contributed by atoms with van der Waals surface area (Å²) in [7, 11) is 1.72. The SMILES string of the molecule is COCCCCN1CNC2(CCCC2)C1=O. The number of nitrogens with zero attached hydrogens (tertiary/aromatic N) is 1. The number of nitrogens with one attached hydrogen (secondary N) is 1. The van der Waals surface area contributed by atoms with Crippen molar-refractivity contribution in [1.29, 1.82) is 0 Å².